The lowest BCUT2D eigenvalue weighted by Gasteiger charge is -2.57. The van der Waals surface area contributed by atoms with Crippen molar-refractivity contribution in [3.05, 3.63) is 0 Å². The van der Waals surface area contributed by atoms with E-state index in [4.69, 9.17) is 10.5 Å². The van der Waals surface area contributed by atoms with Crippen molar-refractivity contribution in [2.24, 2.45) is 16.6 Å². The Bertz CT molecular complexity index is 405. The highest BCUT2D eigenvalue weighted by Crippen LogP contribution is 2.50. The molecular weight excluding hydrogens is 280 g/mol. The molecule has 2 saturated carbocycles. The quantitative estimate of drug-likeness (QED) is 0.666. The zero-order valence-electron chi connectivity index (χ0n) is 14.3. The Kier molecular flexibility index (Phi) is 5.20. The molecule has 0 radical (unpaired) electrons. The fraction of sp³-hybridized carbons (Fsp3) is 0.941. The summed E-state index contributed by atoms with van der Waals surface area (Å²) in [6.07, 6.45) is 5.91. The third-order valence-electron chi connectivity index (χ3n) is 6.17. The van der Waals surface area contributed by atoms with Crippen LogP contribution in [0, 0.1) is 10.8 Å². The molecule has 0 aromatic carbocycles. The molecule has 0 bridgehead atoms. The van der Waals surface area contributed by atoms with Gasteiger partial charge in [0.2, 0.25) is 5.91 Å². The van der Waals surface area contributed by atoms with Crippen LogP contribution >= 0.6 is 0 Å². The molecule has 2 aliphatic carbocycles. The zero-order valence-corrected chi connectivity index (χ0v) is 14.3. The number of amides is 1. The Hall–Kier alpha value is -0.650. The highest BCUT2D eigenvalue weighted by molar-refractivity contribution is 5.88. The standard InChI is InChI=1S/C17H32N2O3/c1-4-22-13-11-17(18,15(13,2)3)14(21)19-12-16(9-10-20)7-5-6-8-16/h13,20H,4-12,18H2,1-3H3,(H,19,21). The second kappa shape index (κ2) is 6.46. The van der Waals surface area contributed by atoms with E-state index in [1.54, 1.807) is 0 Å². The first-order valence-corrected chi connectivity index (χ1v) is 8.61. The number of hydrogen-bond acceptors (Lipinski definition) is 4. The van der Waals surface area contributed by atoms with Gasteiger partial charge in [-0.25, -0.2) is 0 Å². The average molecular weight is 312 g/mol. The predicted molar refractivity (Wildman–Crippen MR) is 86.3 cm³/mol. The summed E-state index contributed by atoms with van der Waals surface area (Å²) in [5.41, 5.74) is 5.26. The molecule has 2 atom stereocenters. The highest BCUT2D eigenvalue weighted by Gasteiger charge is 2.62. The van der Waals surface area contributed by atoms with E-state index in [0.717, 1.165) is 19.3 Å². The summed E-state index contributed by atoms with van der Waals surface area (Å²) in [5.74, 6) is -0.0716. The maximum atomic E-state index is 12.7. The molecule has 4 N–H and O–H groups in total. The van der Waals surface area contributed by atoms with Crippen LogP contribution < -0.4 is 11.1 Å². The van der Waals surface area contributed by atoms with E-state index in [2.05, 4.69) is 5.32 Å². The van der Waals surface area contributed by atoms with Crippen LogP contribution in [-0.4, -0.2) is 42.4 Å². The van der Waals surface area contributed by atoms with Gasteiger partial charge < -0.3 is 20.9 Å². The Morgan fingerprint density at radius 1 is 1.36 bits per heavy atom. The van der Waals surface area contributed by atoms with E-state index in [9.17, 15) is 9.90 Å². The van der Waals surface area contributed by atoms with Gasteiger partial charge in [-0.1, -0.05) is 26.7 Å². The van der Waals surface area contributed by atoms with Gasteiger partial charge in [0.1, 0.15) is 5.54 Å². The molecule has 2 rings (SSSR count). The molecule has 2 fully saturated rings. The first-order chi connectivity index (χ1) is 10.3. The van der Waals surface area contributed by atoms with Gasteiger partial charge in [-0.3, -0.25) is 4.79 Å². The lowest BCUT2D eigenvalue weighted by atomic mass is 9.54. The number of nitrogens with two attached hydrogens (primary N) is 1. The number of aliphatic hydroxyl groups is 1. The third-order valence-corrected chi connectivity index (χ3v) is 6.17. The van der Waals surface area contributed by atoms with Gasteiger partial charge in [-0.05, 0) is 31.6 Å². The second-order valence-electron chi connectivity index (χ2n) is 7.70. The Morgan fingerprint density at radius 3 is 2.50 bits per heavy atom. The van der Waals surface area contributed by atoms with Crippen LogP contribution in [-0.2, 0) is 9.53 Å². The van der Waals surface area contributed by atoms with Gasteiger partial charge >= 0.3 is 0 Å². The first-order valence-electron chi connectivity index (χ1n) is 8.61. The average Bonchev–Trinajstić information content (AvgIpc) is 2.93. The van der Waals surface area contributed by atoms with Crippen LogP contribution in [0.4, 0.5) is 0 Å². The van der Waals surface area contributed by atoms with Gasteiger partial charge in [0.05, 0.1) is 6.10 Å². The third kappa shape index (κ3) is 2.91. The molecular formula is C17H32N2O3. The maximum Gasteiger partial charge on any atom is 0.240 e. The number of carbonyl (C=O) groups is 1. The van der Waals surface area contributed by atoms with Crippen LogP contribution in [0.25, 0.3) is 0 Å². The van der Waals surface area contributed by atoms with Crippen molar-refractivity contribution in [2.75, 3.05) is 19.8 Å². The molecule has 0 aromatic rings. The van der Waals surface area contributed by atoms with Crippen LogP contribution in [0.2, 0.25) is 0 Å². The fourth-order valence-corrected chi connectivity index (χ4v) is 4.12. The Morgan fingerprint density at radius 2 is 2.00 bits per heavy atom. The predicted octanol–water partition coefficient (Wildman–Crippen LogP) is 1.58. The summed E-state index contributed by atoms with van der Waals surface area (Å²) >= 11 is 0. The summed E-state index contributed by atoms with van der Waals surface area (Å²) in [5, 5.41) is 12.4. The van der Waals surface area contributed by atoms with E-state index < -0.39 is 5.54 Å². The van der Waals surface area contributed by atoms with Crippen LogP contribution in [0.5, 0.6) is 0 Å². The molecule has 1 amide bonds. The molecule has 128 valence electrons. The van der Waals surface area contributed by atoms with E-state index in [0.29, 0.717) is 19.6 Å². The fourth-order valence-electron chi connectivity index (χ4n) is 4.12. The number of hydrogen-bond donors (Lipinski definition) is 3. The highest BCUT2D eigenvalue weighted by atomic mass is 16.5. The van der Waals surface area contributed by atoms with Crippen LogP contribution in [0.3, 0.4) is 0 Å². The molecule has 22 heavy (non-hydrogen) atoms. The minimum atomic E-state index is -0.855. The summed E-state index contributed by atoms with van der Waals surface area (Å²) in [6, 6.07) is 0. The molecule has 2 unspecified atom stereocenters. The zero-order chi connectivity index (χ0) is 16.4. The van der Waals surface area contributed by atoms with E-state index >= 15 is 0 Å². The van der Waals surface area contributed by atoms with E-state index in [-0.39, 0.29) is 29.4 Å². The van der Waals surface area contributed by atoms with Crippen molar-refractivity contribution in [3.63, 3.8) is 0 Å². The molecule has 2 aliphatic rings. The molecule has 5 heteroatoms. The van der Waals surface area contributed by atoms with E-state index in [1.165, 1.54) is 12.8 Å². The van der Waals surface area contributed by atoms with Crippen LogP contribution in [0.15, 0.2) is 0 Å². The van der Waals surface area contributed by atoms with Gasteiger partial charge in [0.15, 0.2) is 0 Å². The topological polar surface area (TPSA) is 84.6 Å². The SMILES string of the molecule is CCOC1CC(N)(C(=O)NCC2(CCO)CCCC2)C1(C)C. The molecule has 0 spiro atoms. The second-order valence-corrected chi connectivity index (χ2v) is 7.70. The number of ether oxygens (including phenoxy) is 1. The van der Waals surface area contributed by atoms with Crippen molar-refractivity contribution in [1.82, 2.24) is 5.32 Å². The number of nitrogens with one attached hydrogen (secondary N) is 1. The van der Waals surface area contributed by atoms with Gasteiger partial charge in [0, 0.05) is 31.6 Å². The van der Waals surface area contributed by atoms with E-state index in [1.807, 2.05) is 20.8 Å². The lowest BCUT2D eigenvalue weighted by molar-refractivity contribution is -0.171. The summed E-state index contributed by atoms with van der Waals surface area (Å²) < 4.78 is 5.68. The smallest absolute Gasteiger partial charge is 0.240 e. The minimum absolute atomic E-state index is 0.0473. The Labute approximate surface area is 134 Å². The normalized spacial score (nSPS) is 32.5. The molecule has 0 aromatic heterocycles. The lowest BCUT2D eigenvalue weighted by Crippen LogP contribution is -2.76. The van der Waals surface area contributed by atoms with Crippen molar-refractivity contribution in [1.29, 1.82) is 0 Å². The van der Waals surface area contributed by atoms with Crippen LogP contribution in [0.1, 0.15) is 59.3 Å². The molecule has 0 heterocycles. The molecule has 0 aliphatic heterocycles. The van der Waals surface area contributed by atoms with Gasteiger partial charge in [0.25, 0.3) is 0 Å². The first kappa shape index (κ1) is 17.7. The van der Waals surface area contributed by atoms with Gasteiger partial charge in [-0.15, -0.1) is 0 Å². The summed E-state index contributed by atoms with van der Waals surface area (Å²) in [4.78, 5) is 12.7. The Balaban J connectivity index is 1.95. The number of rotatable bonds is 7. The van der Waals surface area contributed by atoms with Gasteiger partial charge in [-0.2, -0.15) is 0 Å². The summed E-state index contributed by atoms with van der Waals surface area (Å²) in [7, 11) is 0. The maximum absolute atomic E-state index is 12.7. The van der Waals surface area contributed by atoms with Crippen molar-refractivity contribution < 1.29 is 14.6 Å². The van der Waals surface area contributed by atoms with Crippen molar-refractivity contribution >= 4 is 5.91 Å². The number of carbonyl (C=O) groups excluding carboxylic acids is 1. The minimum Gasteiger partial charge on any atom is -0.396 e. The number of aliphatic hydroxyl groups excluding tert-OH is 1. The largest absolute Gasteiger partial charge is 0.396 e. The summed E-state index contributed by atoms with van der Waals surface area (Å²) in [6.45, 7) is 7.43. The molecule has 5 nitrogen and oxygen atoms in total. The molecule has 0 saturated heterocycles. The van der Waals surface area contributed by atoms with Crippen molar-refractivity contribution in [3.8, 4) is 0 Å². The monoisotopic (exact) mass is 312 g/mol. The van der Waals surface area contributed by atoms with Crippen molar-refractivity contribution in [2.45, 2.75) is 70.9 Å².